The lowest BCUT2D eigenvalue weighted by Crippen LogP contribution is -2.26. The highest BCUT2D eigenvalue weighted by Gasteiger charge is 2.55. The van der Waals surface area contributed by atoms with E-state index in [2.05, 4.69) is 275 Å². The molecule has 0 unspecified atom stereocenters. The van der Waals surface area contributed by atoms with Gasteiger partial charge in [0.05, 0.1) is 27.6 Å². The summed E-state index contributed by atoms with van der Waals surface area (Å²) in [5, 5.41) is 3.50. The molecule has 0 saturated carbocycles. The second kappa shape index (κ2) is 17.9. The summed E-state index contributed by atoms with van der Waals surface area (Å²) in [5.74, 6) is -0.414. The predicted octanol–water partition coefficient (Wildman–Crippen LogP) is 22.1. The highest BCUT2D eigenvalue weighted by atomic mass is 19.1. The first-order valence-corrected chi connectivity index (χ1v) is 29.0. The van der Waals surface area contributed by atoms with Crippen LogP contribution in [0.1, 0.15) is 128 Å². The van der Waals surface area contributed by atoms with E-state index in [0.717, 1.165) is 94.8 Å². The minimum atomic E-state index is -0.921. The van der Waals surface area contributed by atoms with Crippen LogP contribution in [0, 0.1) is 5.82 Å². The number of furan rings is 2. The van der Waals surface area contributed by atoms with Gasteiger partial charge in [0.1, 0.15) is 16.7 Å². The summed E-state index contributed by atoms with van der Waals surface area (Å²) in [5.41, 5.74) is 20.7. The SMILES string of the molecule is CC(C)(C)c1ccc(N(c2ccc(C(C)(C)C)cc2)c2cc3c(c4oc5ccccc5c24)-c2c(cc(N(c4ccc(C(C)(C)C)cc4)c4ccc(C(C)(C)C)cc4)c4c2oc2c(F)cccc24)C32c3ccccc3-c3ccccc32)cc1. The molecule has 0 fully saturated rings. The first-order valence-electron chi connectivity index (χ1n) is 29.0. The van der Waals surface area contributed by atoms with Crippen molar-refractivity contribution in [3.05, 3.63) is 251 Å². The minimum absolute atomic E-state index is 0.0498. The Morgan fingerprint density at radius 2 is 0.695 bits per heavy atom. The van der Waals surface area contributed by atoms with E-state index in [1.54, 1.807) is 0 Å². The van der Waals surface area contributed by atoms with Gasteiger partial charge in [-0.05, 0) is 150 Å². The summed E-state index contributed by atoms with van der Waals surface area (Å²) in [6.07, 6.45) is 0. The summed E-state index contributed by atoms with van der Waals surface area (Å²) in [6.45, 7) is 27.1. The molecule has 12 aromatic rings. The fraction of sp³-hybridized carbons (Fsp3) is 0.221. The highest BCUT2D eigenvalue weighted by Crippen LogP contribution is 2.68. The van der Waals surface area contributed by atoms with Crippen LogP contribution in [0.3, 0.4) is 0 Å². The topological polar surface area (TPSA) is 32.8 Å². The van der Waals surface area contributed by atoms with Gasteiger partial charge in [0.2, 0.25) is 0 Å². The third-order valence-corrected chi connectivity index (χ3v) is 17.8. The molecule has 0 saturated heterocycles. The van der Waals surface area contributed by atoms with Crippen molar-refractivity contribution in [1.29, 1.82) is 0 Å². The van der Waals surface area contributed by atoms with Crippen molar-refractivity contribution in [3.63, 3.8) is 0 Å². The molecule has 10 aromatic carbocycles. The van der Waals surface area contributed by atoms with E-state index in [0.29, 0.717) is 11.0 Å². The van der Waals surface area contributed by atoms with E-state index >= 15 is 4.39 Å². The Hall–Kier alpha value is -8.67. The molecule has 82 heavy (non-hydrogen) atoms. The quantitative estimate of drug-likeness (QED) is 0.166. The van der Waals surface area contributed by atoms with Crippen molar-refractivity contribution in [2.24, 2.45) is 0 Å². The summed E-state index contributed by atoms with van der Waals surface area (Å²) in [6, 6.07) is 72.7. The first-order chi connectivity index (χ1) is 39.1. The highest BCUT2D eigenvalue weighted by molar-refractivity contribution is 6.25. The maximum Gasteiger partial charge on any atom is 0.171 e. The Balaban J connectivity index is 1.17. The molecule has 2 aliphatic rings. The van der Waals surface area contributed by atoms with Crippen molar-refractivity contribution in [3.8, 4) is 22.3 Å². The van der Waals surface area contributed by atoms with Crippen molar-refractivity contribution < 1.29 is 13.2 Å². The molecule has 0 bridgehead atoms. The maximum absolute atomic E-state index is 17.0. The molecule has 2 aliphatic carbocycles. The number of rotatable bonds is 6. The van der Waals surface area contributed by atoms with Crippen molar-refractivity contribution >= 4 is 78.0 Å². The first kappa shape index (κ1) is 51.5. The van der Waals surface area contributed by atoms with E-state index in [4.69, 9.17) is 8.83 Å². The molecular formula is C77H69FN2O2. The zero-order valence-corrected chi connectivity index (χ0v) is 49.1. The normalized spacial score (nSPS) is 13.8. The largest absolute Gasteiger partial charge is 0.455 e. The van der Waals surface area contributed by atoms with Crippen LogP contribution in [-0.2, 0) is 27.1 Å². The van der Waals surface area contributed by atoms with Gasteiger partial charge in [-0.25, -0.2) is 4.39 Å². The number of para-hydroxylation sites is 2. The summed E-state index contributed by atoms with van der Waals surface area (Å²) in [7, 11) is 0. The van der Waals surface area contributed by atoms with Gasteiger partial charge < -0.3 is 18.6 Å². The second-order valence-corrected chi connectivity index (χ2v) is 27.1. The van der Waals surface area contributed by atoms with Crippen LogP contribution in [0.5, 0.6) is 0 Å². The van der Waals surface area contributed by atoms with Gasteiger partial charge in [-0.2, -0.15) is 0 Å². The second-order valence-electron chi connectivity index (χ2n) is 27.1. The lowest BCUT2D eigenvalue weighted by atomic mass is 9.70. The van der Waals surface area contributed by atoms with Crippen molar-refractivity contribution in [2.75, 3.05) is 9.80 Å². The molecular weight excluding hydrogens is 1000 g/mol. The Bertz CT molecular complexity index is 4370. The molecule has 2 aromatic heterocycles. The van der Waals surface area contributed by atoms with Gasteiger partial charge >= 0.3 is 0 Å². The van der Waals surface area contributed by atoms with Gasteiger partial charge in [0, 0.05) is 44.6 Å². The Morgan fingerprint density at radius 3 is 1.11 bits per heavy atom. The van der Waals surface area contributed by atoms with Gasteiger partial charge in [-0.3, -0.25) is 0 Å². The molecule has 406 valence electrons. The van der Waals surface area contributed by atoms with Crippen LogP contribution >= 0.6 is 0 Å². The number of hydrogen-bond donors (Lipinski definition) is 0. The summed E-state index contributed by atoms with van der Waals surface area (Å²) < 4.78 is 31.8. The number of fused-ring (bicyclic) bond motifs is 18. The monoisotopic (exact) mass is 1070 g/mol. The third kappa shape index (κ3) is 7.68. The summed E-state index contributed by atoms with van der Waals surface area (Å²) >= 11 is 0. The van der Waals surface area contributed by atoms with Gasteiger partial charge in [-0.1, -0.05) is 210 Å². The van der Waals surface area contributed by atoms with Crippen molar-refractivity contribution in [2.45, 2.75) is 110 Å². The van der Waals surface area contributed by atoms with Gasteiger partial charge in [0.15, 0.2) is 11.4 Å². The molecule has 14 rings (SSSR count). The molecule has 0 amide bonds. The zero-order valence-electron chi connectivity index (χ0n) is 49.1. The Kier molecular flexibility index (Phi) is 11.2. The number of benzene rings is 10. The fourth-order valence-electron chi connectivity index (χ4n) is 13.5. The van der Waals surface area contributed by atoms with Gasteiger partial charge in [-0.15, -0.1) is 0 Å². The van der Waals surface area contributed by atoms with E-state index < -0.39 is 11.2 Å². The molecule has 1 spiro atoms. The molecule has 0 N–H and O–H groups in total. The predicted molar refractivity (Wildman–Crippen MR) is 341 cm³/mol. The van der Waals surface area contributed by atoms with Crippen LogP contribution in [0.4, 0.5) is 38.5 Å². The number of anilines is 6. The third-order valence-electron chi connectivity index (χ3n) is 17.8. The summed E-state index contributed by atoms with van der Waals surface area (Å²) in [4.78, 5) is 4.81. The molecule has 0 atom stereocenters. The van der Waals surface area contributed by atoms with Crippen LogP contribution in [0.2, 0.25) is 0 Å². The number of nitrogens with zero attached hydrogens (tertiary/aromatic N) is 2. The maximum atomic E-state index is 17.0. The van der Waals surface area contributed by atoms with E-state index in [1.165, 1.54) is 39.4 Å². The average molecular weight is 1070 g/mol. The molecule has 0 radical (unpaired) electrons. The molecule has 5 heteroatoms. The Morgan fingerprint density at radius 1 is 0.341 bits per heavy atom. The fourth-order valence-corrected chi connectivity index (χ4v) is 13.5. The zero-order chi connectivity index (χ0) is 57.0. The van der Waals surface area contributed by atoms with E-state index in [9.17, 15) is 0 Å². The smallest absolute Gasteiger partial charge is 0.171 e. The number of hydrogen-bond acceptors (Lipinski definition) is 4. The van der Waals surface area contributed by atoms with Crippen LogP contribution in [0.15, 0.2) is 209 Å². The van der Waals surface area contributed by atoms with Crippen LogP contribution < -0.4 is 9.80 Å². The minimum Gasteiger partial charge on any atom is -0.455 e. The van der Waals surface area contributed by atoms with E-state index in [-0.39, 0.29) is 27.2 Å². The van der Waals surface area contributed by atoms with Crippen LogP contribution in [0.25, 0.3) is 66.1 Å². The van der Waals surface area contributed by atoms with Crippen molar-refractivity contribution in [1.82, 2.24) is 0 Å². The lowest BCUT2D eigenvalue weighted by molar-refractivity contribution is 0.584. The Labute approximate surface area is 481 Å². The number of halogens is 1. The van der Waals surface area contributed by atoms with Gasteiger partial charge in [0.25, 0.3) is 0 Å². The lowest BCUT2D eigenvalue weighted by Gasteiger charge is -2.34. The molecule has 4 nitrogen and oxygen atoms in total. The van der Waals surface area contributed by atoms with Crippen LogP contribution in [-0.4, -0.2) is 0 Å². The molecule has 0 aliphatic heterocycles. The van der Waals surface area contributed by atoms with E-state index in [1.807, 2.05) is 12.1 Å². The standard InChI is InChI=1S/C77H69FN2O2/c1-73(2,3)46-28-36-50(37-29-46)79(51-38-30-47(31-39-51)74(4,5)6)63-44-60-68(71-66(63)56-22-15-18-27-65(56)81-71)69-61(77(60)58-24-16-13-20-54(58)55-21-14-17-25-59(55)77)45-64(67-57-23-19-26-62(78)70(57)82-72(67)69)80(52-40-32-48(33-41-52)75(7,8)9)53-42-34-49(35-43-53)76(10,11)12/h13-45H,1-12H3. The molecule has 2 heterocycles. The average Bonchev–Trinajstić information content (AvgIpc) is 1.52.